The van der Waals surface area contributed by atoms with E-state index in [2.05, 4.69) is 0 Å². The van der Waals surface area contributed by atoms with Crippen LogP contribution >= 0.6 is 0 Å². The molecule has 0 N–H and O–H groups in total. The average Bonchev–Trinajstić information content (AvgIpc) is 3.36. The molecule has 6 aromatic carbocycles. The molecule has 0 amide bonds. The van der Waals surface area contributed by atoms with Crippen molar-refractivity contribution in [2.24, 2.45) is 0 Å². The fraction of sp³-hybridized carbons (Fsp3) is 0.339. The molecule has 2 saturated heterocycles. The minimum absolute atomic E-state index is 0.0836. The molecule has 8 rings (SSSR count). The Morgan fingerprint density at radius 2 is 0.761 bits per heavy atom. The summed E-state index contributed by atoms with van der Waals surface area (Å²) in [5.41, 5.74) is 5.75. The smallest absolute Gasteiger partial charge is 0.303 e. The third-order valence-electron chi connectivity index (χ3n) is 11.7. The van der Waals surface area contributed by atoms with Crippen LogP contribution in [0.4, 0.5) is 0 Å². The fourth-order valence-electron chi connectivity index (χ4n) is 8.33. The van der Waals surface area contributed by atoms with Gasteiger partial charge in [-0.25, -0.2) is 0 Å². The summed E-state index contributed by atoms with van der Waals surface area (Å²) in [6, 6.07) is 59.3. The van der Waals surface area contributed by atoms with Crippen molar-refractivity contribution < 1.29 is 52.2 Å². The van der Waals surface area contributed by atoms with E-state index in [4.69, 9.17) is 47.4 Å². The van der Waals surface area contributed by atoms with Gasteiger partial charge < -0.3 is 47.4 Å². The summed E-state index contributed by atoms with van der Waals surface area (Å²) in [4.78, 5) is 13.2. The van der Waals surface area contributed by atoms with Crippen LogP contribution in [0, 0.1) is 0 Å². The van der Waals surface area contributed by atoms with Crippen molar-refractivity contribution in [1.29, 1.82) is 0 Å². The van der Waals surface area contributed by atoms with Crippen LogP contribution in [0.2, 0.25) is 0 Å². The molecule has 0 bridgehead atoms. The summed E-state index contributed by atoms with van der Waals surface area (Å²) in [6.45, 7) is 4.86. The maximum atomic E-state index is 13.2. The Bertz CT molecular complexity index is 2310. The van der Waals surface area contributed by atoms with Crippen molar-refractivity contribution in [3.63, 3.8) is 0 Å². The van der Waals surface area contributed by atoms with Crippen LogP contribution in [0.1, 0.15) is 47.2 Å². The molecule has 2 aliphatic heterocycles. The summed E-state index contributed by atoms with van der Waals surface area (Å²) >= 11 is 0. The van der Waals surface area contributed by atoms with Crippen molar-refractivity contribution >= 4 is 5.97 Å². The number of carbonyl (C=O) groups excluding carboxylic acids is 1. The Balaban J connectivity index is 1.15. The zero-order valence-electron chi connectivity index (χ0n) is 38.0. The van der Waals surface area contributed by atoms with E-state index in [-0.39, 0.29) is 39.6 Å². The molecule has 6 aromatic rings. The number of carbonyl (C=O) groups is 1. The molecule has 2 aliphatic rings. The van der Waals surface area contributed by atoms with Gasteiger partial charge in [0, 0.05) is 6.92 Å². The zero-order valence-corrected chi connectivity index (χ0v) is 38.0. The molecule has 0 saturated carbocycles. The molecular formula is C56H60O11. The summed E-state index contributed by atoms with van der Waals surface area (Å²) in [5, 5.41) is 0. The lowest BCUT2D eigenvalue weighted by atomic mass is 9.96. The van der Waals surface area contributed by atoms with Crippen molar-refractivity contribution in [2.45, 2.75) is 115 Å². The number of benzene rings is 6. The van der Waals surface area contributed by atoms with E-state index in [9.17, 15) is 4.79 Å². The Hall–Kier alpha value is -5.57. The number of hydrogen-bond donors (Lipinski definition) is 0. The minimum Gasteiger partial charge on any atom is -0.457 e. The number of rotatable bonds is 22. The van der Waals surface area contributed by atoms with Crippen molar-refractivity contribution in [3.8, 4) is 0 Å². The highest BCUT2D eigenvalue weighted by Gasteiger charge is 2.54. The molecule has 0 unspecified atom stereocenters. The highest BCUT2D eigenvalue weighted by atomic mass is 16.8. The first-order valence-electron chi connectivity index (χ1n) is 23.0. The molecule has 0 spiro atoms. The molecule has 0 radical (unpaired) electrons. The molecule has 0 aromatic heterocycles. The molecule has 10 atom stereocenters. The standard InChI is InChI=1S/C56H60O11/c1-40-49(51(60-35-44-25-13-5-14-26-44)53(61-36-45-27-15-6-16-28-45)55(64-40)63-38-47-31-19-8-20-32-47)67-56-54(62-37-46-29-17-7-18-30-46)52(65-41(2)57)50(59-34-43-23-11-4-12-24-43)48(66-56)39-58-33-42-21-9-3-10-22-42/h3-32,40,48-56H,33-39H2,1-2H3/t40-,48+,49-,50+,51+,52-,53+,54-,55+,56+/m0/s1. The van der Waals surface area contributed by atoms with Crippen LogP contribution in [0.25, 0.3) is 0 Å². The van der Waals surface area contributed by atoms with Gasteiger partial charge in [0.1, 0.15) is 36.6 Å². The molecular weight excluding hydrogens is 849 g/mol. The lowest BCUT2D eigenvalue weighted by molar-refractivity contribution is -0.372. The van der Waals surface area contributed by atoms with Gasteiger partial charge in [0.15, 0.2) is 18.7 Å². The Morgan fingerprint density at radius 3 is 1.18 bits per heavy atom. The van der Waals surface area contributed by atoms with Gasteiger partial charge in [-0.15, -0.1) is 0 Å². The second kappa shape index (κ2) is 25.0. The van der Waals surface area contributed by atoms with Crippen LogP contribution in [0.3, 0.4) is 0 Å². The molecule has 2 fully saturated rings. The second-order valence-electron chi connectivity index (χ2n) is 16.8. The third-order valence-corrected chi connectivity index (χ3v) is 11.7. The third kappa shape index (κ3) is 14.0. The van der Waals surface area contributed by atoms with Gasteiger partial charge in [-0.1, -0.05) is 182 Å². The second-order valence-corrected chi connectivity index (χ2v) is 16.8. The number of ether oxygens (including phenoxy) is 10. The Kier molecular flexibility index (Phi) is 17.9. The monoisotopic (exact) mass is 908 g/mol. The van der Waals surface area contributed by atoms with Gasteiger partial charge in [0.05, 0.1) is 52.4 Å². The van der Waals surface area contributed by atoms with Gasteiger partial charge in [0.2, 0.25) is 0 Å². The quantitative estimate of drug-likeness (QED) is 0.0608. The van der Waals surface area contributed by atoms with Crippen LogP contribution in [0.5, 0.6) is 0 Å². The fourth-order valence-corrected chi connectivity index (χ4v) is 8.33. The lowest BCUT2D eigenvalue weighted by Gasteiger charge is -2.49. The molecule has 350 valence electrons. The predicted molar refractivity (Wildman–Crippen MR) is 251 cm³/mol. The summed E-state index contributed by atoms with van der Waals surface area (Å²) < 4.78 is 67.5. The summed E-state index contributed by atoms with van der Waals surface area (Å²) in [6.07, 6.45) is -8.58. The largest absolute Gasteiger partial charge is 0.457 e. The first-order valence-corrected chi connectivity index (χ1v) is 23.0. The van der Waals surface area contributed by atoms with E-state index in [1.807, 2.05) is 189 Å². The molecule has 11 heteroatoms. The van der Waals surface area contributed by atoms with Crippen molar-refractivity contribution in [1.82, 2.24) is 0 Å². The van der Waals surface area contributed by atoms with E-state index in [1.165, 1.54) is 6.92 Å². The van der Waals surface area contributed by atoms with Crippen LogP contribution in [0.15, 0.2) is 182 Å². The Labute approximate surface area is 393 Å². The van der Waals surface area contributed by atoms with Gasteiger partial charge in [0.25, 0.3) is 0 Å². The van der Waals surface area contributed by atoms with E-state index in [1.54, 1.807) is 0 Å². The van der Waals surface area contributed by atoms with E-state index >= 15 is 0 Å². The van der Waals surface area contributed by atoms with E-state index in [0.29, 0.717) is 6.61 Å². The highest BCUT2D eigenvalue weighted by molar-refractivity contribution is 5.66. The predicted octanol–water partition coefficient (Wildman–Crippen LogP) is 9.55. The van der Waals surface area contributed by atoms with Crippen LogP contribution in [-0.4, -0.2) is 74.0 Å². The highest BCUT2D eigenvalue weighted by Crippen LogP contribution is 2.36. The van der Waals surface area contributed by atoms with Gasteiger partial charge in [-0.3, -0.25) is 4.79 Å². The topological polar surface area (TPSA) is 109 Å². The average molecular weight is 909 g/mol. The first kappa shape index (κ1) is 47.9. The zero-order chi connectivity index (χ0) is 46.0. The summed E-state index contributed by atoms with van der Waals surface area (Å²) in [7, 11) is 0. The van der Waals surface area contributed by atoms with Gasteiger partial charge in [-0.05, 0) is 40.3 Å². The molecule has 67 heavy (non-hydrogen) atoms. The lowest BCUT2D eigenvalue weighted by Crippen LogP contribution is -2.65. The number of esters is 1. The van der Waals surface area contributed by atoms with Gasteiger partial charge >= 0.3 is 5.97 Å². The first-order chi connectivity index (χ1) is 33.0. The number of hydrogen-bond acceptors (Lipinski definition) is 11. The van der Waals surface area contributed by atoms with E-state index in [0.717, 1.165) is 33.4 Å². The maximum Gasteiger partial charge on any atom is 0.303 e. The SMILES string of the molecule is CC(=O)O[C@@H]1[C@H](OCc2ccccc2)[C@@H](O[C@@H]2[C@@H](OCc3ccccc3)[C@@H](OCc3ccccc3)[C@H](OCc3ccccc3)O[C@H]2C)O[C@H](COCc2ccccc2)[C@H]1OCc1ccccc1. The van der Waals surface area contributed by atoms with Crippen LogP contribution in [-0.2, 0) is 91.8 Å². The normalized spacial score (nSPS) is 25.0. The maximum absolute atomic E-state index is 13.2. The van der Waals surface area contributed by atoms with E-state index < -0.39 is 67.4 Å². The molecule has 11 nitrogen and oxygen atoms in total. The Morgan fingerprint density at radius 1 is 0.403 bits per heavy atom. The minimum atomic E-state index is -1.15. The van der Waals surface area contributed by atoms with Gasteiger partial charge in [-0.2, -0.15) is 0 Å². The summed E-state index contributed by atoms with van der Waals surface area (Å²) in [5.74, 6) is -0.512. The van der Waals surface area contributed by atoms with Crippen molar-refractivity contribution in [2.75, 3.05) is 6.61 Å². The molecule has 2 heterocycles. The van der Waals surface area contributed by atoms with Crippen molar-refractivity contribution in [3.05, 3.63) is 215 Å². The van der Waals surface area contributed by atoms with Crippen LogP contribution < -0.4 is 0 Å². The molecule has 0 aliphatic carbocycles.